The van der Waals surface area contributed by atoms with Crippen LogP contribution in [0, 0.1) is 6.92 Å². The molecule has 0 aliphatic heterocycles. The Labute approximate surface area is 98.7 Å². The number of hydrogen-bond acceptors (Lipinski definition) is 1. The van der Waals surface area contributed by atoms with E-state index in [1.807, 2.05) is 25.1 Å². The molecule has 1 aromatic rings. The second-order valence-corrected chi connectivity index (χ2v) is 4.01. The summed E-state index contributed by atoms with van der Waals surface area (Å²) in [6.45, 7) is 2.50. The maximum atomic E-state index is 5.85. The van der Waals surface area contributed by atoms with Gasteiger partial charge < -0.3 is 5.32 Å². The first-order valence-electron chi connectivity index (χ1n) is 4.08. The number of hydrogen-bond donors (Lipinski definition) is 1. The van der Waals surface area contributed by atoms with E-state index < -0.39 is 0 Å². The van der Waals surface area contributed by atoms with Gasteiger partial charge in [0.25, 0.3) is 0 Å². The lowest BCUT2D eigenvalue weighted by molar-refractivity contribution is 1.28. The third-order valence-corrected chi connectivity index (χ3v) is 2.62. The van der Waals surface area contributed by atoms with Gasteiger partial charge in [0.15, 0.2) is 0 Å². The second kappa shape index (κ2) is 5.50. The fourth-order valence-electron chi connectivity index (χ4n) is 1.00. The first-order chi connectivity index (χ1) is 6.63. The normalized spacial score (nSPS) is 11.6. The molecular weight excluding hydrogens is 240 g/mol. The lowest BCUT2D eigenvalue weighted by Crippen LogP contribution is -2.02. The summed E-state index contributed by atoms with van der Waals surface area (Å²) in [5.74, 6) is 0. The van der Waals surface area contributed by atoms with Crippen molar-refractivity contribution in [3.63, 3.8) is 0 Å². The molecule has 1 N–H and O–H groups in total. The first kappa shape index (κ1) is 11.7. The van der Waals surface area contributed by atoms with Crippen LogP contribution in [0.25, 0.3) is 0 Å². The summed E-state index contributed by atoms with van der Waals surface area (Å²) in [6, 6.07) is 5.65. The minimum absolute atomic E-state index is 0.506. The van der Waals surface area contributed by atoms with E-state index in [0.717, 1.165) is 11.3 Å². The van der Waals surface area contributed by atoms with E-state index in [0.29, 0.717) is 16.6 Å². The maximum Gasteiger partial charge on any atom is 0.0516 e. The zero-order valence-corrected chi connectivity index (χ0v) is 9.92. The largest absolute Gasteiger partial charge is 0.380 e. The van der Waals surface area contributed by atoms with Crippen molar-refractivity contribution in [1.82, 2.24) is 0 Å². The highest BCUT2D eigenvalue weighted by Crippen LogP contribution is 2.20. The predicted octanol–water partition coefficient (Wildman–Crippen LogP) is 4.38. The average Bonchev–Trinajstić information content (AvgIpc) is 2.19. The molecule has 0 unspecified atom stereocenters. The summed E-state index contributed by atoms with van der Waals surface area (Å²) in [5.41, 5.74) is 3.43. The van der Waals surface area contributed by atoms with Gasteiger partial charge in [0.2, 0.25) is 0 Å². The van der Waals surface area contributed by atoms with Crippen LogP contribution in [0.5, 0.6) is 0 Å². The summed E-state index contributed by atoms with van der Waals surface area (Å²) in [6.07, 6.45) is 0. The van der Waals surface area contributed by atoms with Gasteiger partial charge in [0.05, 0.1) is 6.54 Å². The van der Waals surface area contributed by atoms with Gasteiger partial charge in [0, 0.05) is 21.3 Å². The minimum atomic E-state index is 0.506. The molecule has 0 saturated carbocycles. The third-order valence-electron chi connectivity index (χ3n) is 1.77. The Kier molecular flexibility index (Phi) is 4.59. The topological polar surface area (TPSA) is 12.0 Å². The summed E-state index contributed by atoms with van der Waals surface area (Å²) >= 11 is 17.0. The van der Waals surface area contributed by atoms with Crippen LogP contribution < -0.4 is 5.32 Å². The average molecular weight is 251 g/mol. The zero-order valence-electron chi connectivity index (χ0n) is 7.65. The third kappa shape index (κ3) is 3.41. The standard InChI is InChI=1S/C10H10Cl3N/c1-7-2-3-8(12)4-10(7)14-6-9(13)5-11/h2-5,14H,6H2,1H3. The Balaban J connectivity index is 2.71. The van der Waals surface area contributed by atoms with Crippen molar-refractivity contribution in [2.75, 3.05) is 11.9 Å². The molecule has 1 nitrogen and oxygen atoms in total. The van der Waals surface area contributed by atoms with Crippen LogP contribution in [0.1, 0.15) is 5.56 Å². The Hall–Kier alpha value is -0.370. The van der Waals surface area contributed by atoms with E-state index in [-0.39, 0.29) is 0 Å². The van der Waals surface area contributed by atoms with Crippen LogP contribution >= 0.6 is 34.8 Å². The van der Waals surface area contributed by atoms with Crippen LogP contribution in [0.2, 0.25) is 5.02 Å². The maximum absolute atomic E-state index is 5.85. The number of rotatable bonds is 3. The first-order valence-corrected chi connectivity index (χ1v) is 5.27. The van der Waals surface area contributed by atoms with Crippen LogP contribution in [0.4, 0.5) is 5.69 Å². The Morgan fingerprint density at radius 3 is 2.86 bits per heavy atom. The van der Waals surface area contributed by atoms with Gasteiger partial charge in [-0.25, -0.2) is 0 Å². The van der Waals surface area contributed by atoms with Gasteiger partial charge >= 0.3 is 0 Å². The zero-order chi connectivity index (χ0) is 10.6. The molecule has 0 heterocycles. The molecule has 0 fully saturated rings. The summed E-state index contributed by atoms with van der Waals surface area (Å²) in [5, 5.41) is 4.39. The SMILES string of the molecule is Cc1ccc(Cl)cc1NCC(Cl)=CCl. The van der Waals surface area contributed by atoms with Crippen molar-refractivity contribution in [2.24, 2.45) is 0 Å². The number of aryl methyl sites for hydroxylation is 1. The highest BCUT2D eigenvalue weighted by molar-refractivity contribution is 6.36. The summed E-state index contributed by atoms with van der Waals surface area (Å²) in [7, 11) is 0. The van der Waals surface area contributed by atoms with Gasteiger partial charge in [-0.15, -0.1) is 0 Å². The van der Waals surface area contributed by atoms with Crippen molar-refractivity contribution in [1.29, 1.82) is 0 Å². The fourth-order valence-corrected chi connectivity index (χ4v) is 1.32. The van der Waals surface area contributed by atoms with Crippen molar-refractivity contribution in [2.45, 2.75) is 6.92 Å². The van der Waals surface area contributed by atoms with Gasteiger partial charge in [-0.05, 0) is 24.6 Å². The molecule has 0 spiro atoms. The van der Waals surface area contributed by atoms with Crippen molar-refractivity contribution in [3.05, 3.63) is 39.4 Å². The quantitative estimate of drug-likeness (QED) is 0.839. The summed E-state index contributed by atoms with van der Waals surface area (Å²) < 4.78 is 0. The lowest BCUT2D eigenvalue weighted by atomic mass is 10.2. The van der Waals surface area contributed by atoms with Gasteiger partial charge in [0.1, 0.15) is 0 Å². The van der Waals surface area contributed by atoms with Gasteiger partial charge in [-0.1, -0.05) is 40.9 Å². The van der Waals surface area contributed by atoms with Crippen LogP contribution in [-0.4, -0.2) is 6.54 Å². The van der Waals surface area contributed by atoms with Crippen LogP contribution in [0.3, 0.4) is 0 Å². The monoisotopic (exact) mass is 249 g/mol. The van der Waals surface area contributed by atoms with Crippen molar-refractivity contribution >= 4 is 40.5 Å². The number of nitrogens with one attached hydrogen (secondary N) is 1. The van der Waals surface area contributed by atoms with Crippen molar-refractivity contribution < 1.29 is 0 Å². The molecule has 14 heavy (non-hydrogen) atoms. The molecule has 0 aliphatic rings. The smallest absolute Gasteiger partial charge is 0.0516 e. The molecule has 0 aromatic heterocycles. The highest BCUT2D eigenvalue weighted by Gasteiger charge is 1.99. The Morgan fingerprint density at radius 1 is 1.50 bits per heavy atom. The predicted molar refractivity (Wildman–Crippen MR) is 64.5 cm³/mol. The van der Waals surface area contributed by atoms with Gasteiger partial charge in [-0.3, -0.25) is 0 Å². The molecular formula is C10H10Cl3N. The van der Waals surface area contributed by atoms with E-state index in [1.54, 1.807) is 0 Å². The number of anilines is 1. The molecule has 0 atom stereocenters. The molecule has 76 valence electrons. The van der Waals surface area contributed by atoms with E-state index >= 15 is 0 Å². The molecule has 0 bridgehead atoms. The van der Waals surface area contributed by atoms with E-state index in [2.05, 4.69) is 5.32 Å². The summed E-state index contributed by atoms with van der Waals surface area (Å²) in [4.78, 5) is 0. The van der Waals surface area contributed by atoms with Crippen LogP contribution in [0.15, 0.2) is 28.8 Å². The molecule has 0 aliphatic carbocycles. The van der Waals surface area contributed by atoms with E-state index in [9.17, 15) is 0 Å². The second-order valence-electron chi connectivity index (χ2n) is 2.87. The Bertz CT molecular complexity index is 347. The molecule has 4 heteroatoms. The number of benzene rings is 1. The molecule has 0 saturated heterocycles. The van der Waals surface area contributed by atoms with Crippen molar-refractivity contribution in [3.8, 4) is 0 Å². The van der Waals surface area contributed by atoms with Crippen LogP contribution in [-0.2, 0) is 0 Å². The minimum Gasteiger partial charge on any atom is -0.380 e. The van der Waals surface area contributed by atoms with Gasteiger partial charge in [-0.2, -0.15) is 0 Å². The number of halogens is 3. The fraction of sp³-hybridized carbons (Fsp3) is 0.200. The highest BCUT2D eigenvalue weighted by atomic mass is 35.5. The molecule has 1 rings (SSSR count). The van der Waals surface area contributed by atoms with E-state index in [1.165, 1.54) is 5.54 Å². The Morgan fingerprint density at radius 2 is 2.21 bits per heavy atom. The lowest BCUT2D eigenvalue weighted by Gasteiger charge is -2.08. The molecule has 0 radical (unpaired) electrons. The molecule has 0 amide bonds. The molecule has 1 aromatic carbocycles. The van der Waals surface area contributed by atoms with E-state index in [4.69, 9.17) is 34.8 Å².